The van der Waals surface area contributed by atoms with Crippen molar-refractivity contribution in [3.8, 4) is 5.69 Å². The summed E-state index contributed by atoms with van der Waals surface area (Å²) in [5.41, 5.74) is 4.47. The van der Waals surface area contributed by atoms with E-state index in [1.165, 1.54) is 47.6 Å². The van der Waals surface area contributed by atoms with E-state index in [9.17, 15) is 14.0 Å². The van der Waals surface area contributed by atoms with Gasteiger partial charge in [0.1, 0.15) is 11.5 Å². The van der Waals surface area contributed by atoms with Crippen molar-refractivity contribution in [2.45, 2.75) is 13.0 Å². The van der Waals surface area contributed by atoms with E-state index < -0.39 is 17.3 Å². The lowest BCUT2D eigenvalue weighted by Gasteiger charge is -2.19. The lowest BCUT2D eigenvalue weighted by Crippen LogP contribution is -2.24. The lowest BCUT2D eigenvalue weighted by atomic mass is 10.1. The molecule has 0 atom stereocenters. The van der Waals surface area contributed by atoms with Crippen LogP contribution in [0.2, 0.25) is 0 Å². The molecule has 1 amide bonds. The Kier molecular flexibility index (Phi) is 5.44. The van der Waals surface area contributed by atoms with Gasteiger partial charge in [-0.2, -0.15) is 9.78 Å². The number of nitrogens with one attached hydrogen (secondary N) is 1. The van der Waals surface area contributed by atoms with E-state index in [-0.39, 0.29) is 5.69 Å². The standard InChI is InChI=1S/C26H21FN4O2/c27-20-7-11-22(12-8-20)31-25(32)14-13-23(29-31)26(33)28-21-9-5-18(6-10-21)17-30-16-15-19-3-1-2-4-24(19)30/h1-14H,15-17H2,(H,28,33). The van der Waals surface area contributed by atoms with Gasteiger partial charge in [0.15, 0.2) is 0 Å². The zero-order chi connectivity index (χ0) is 22.8. The summed E-state index contributed by atoms with van der Waals surface area (Å²) in [5.74, 6) is -0.856. The molecule has 164 valence electrons. The van der Waals surface area contributed by atoms with Crippen LogP contribution < -0.4 is 15.8 Å². The number of hydrogen-bond donors (Lipinski definition) is 1. The van der Waals surface area contributed by atoms with E-state index in [0.29, 0.717) is 11.4 Å². The second kappa shape index (κ2) is 8.70. The summed E-state index contributed by atoms with van der Waals surface area (Å²) >= 11 is 0. The first kappa shape index (κ1) is 20.6. The number of fused-ring (bicyclic) bond motifs is 1. The summed E-state index contributed by atoms with van der Waals surface area (Å²) in [6.07, 6.45) is 1.05. The number of nitrogens with zero attached hydrogens (tertiary/aromatic N) is 3. The first-order valence-electron chi connectivity index (χ1n) is 10.7. The summed E-state index contributed by atoms with van der Waals surface area (Å²) in [4.78, 5) is 27.2. The summed E-state index contributed by atoms with van der Waals surface area (Å²) in [6, 6.07) is 24.1. The third kappa shape index (κ3) is 4.39. The molecular formula is C26H21FN4O2. The highest BCUT2D eigenvalue weighted by atomic mass is 19.1. The Morgan fingerprint density at radius 2 is 1.70 bits per heavy atom. The van der Waals surface area contributed by atoms with Crippen molar-refractivity contribution in [1.29, 1.82) is 0 Å². The molecule has 4 aromatic rings. The van der Waals surface area contributed by atoms with Crippen LogP contribution in [0.15, 0.2) is 89.7 Å². The minimum Gasteiger partial charge on any atom is -0.367 e. The van der Waals surface area contributed by atoms with E-state index in [4.69, 9.17) is 0 Å². The van der Waals surface area contributed by atoms with Crippen LogP contribution in [-0.4, -0.2) is 22.2 Å². The second-order valence-electron chi connectivity index (χ2n) is 7.90. The Morgan fingerprint density at radius 3 is 2.48 bits per heavy atom. The molecule has 1 aliphatic heterocycles. The van der Waals surface area contributed by atoms with Crippen LogP contribution in [0, 0.1) is 5.82 Å². The molecule has 1 N–H and O–H groups in total. The molecule has 33 heavy (non-hydrogen) atoms. The van der Waals surface area contributed by atoms with Crippen LogP contribution in [0.5, 0.6) is 0 Å². The molecule has 1 aromatic heterocycles. The monoisotopic (exact) mass is 440 g/mol. The Morgan fingerprint density at radius 1 is 0.939 bits per heavy atom. The highest BCUT2D eigenvalue weighted by molar-refractivity contribution is 6.02. The van der Waals surface area contributed by atoms with Crippen molar-refractivity contribution in [2.24, 2.45) is 0 Å². The predicted octanol–water partition coefficient (Wildman–Crippen LogP) is 4.19. The fraction of sp³-hybridized carbons (Fsp3) is 0.115. The van der Waals surface area contributed by atoms with Gasteiger partial charge >= 0.3 is 0 Å². The van der Waals surface area contributed by atoms with E-state index in [2.05, 4.69) is 39.6 Å². The SMILES string of the molecule is O=C(Nc1ccc(CN2CCc3ccccc32)cc1)c1ccc(=O)n(-c2ccc(F)cc2)n1. The number of carbonyl (C=O) groups is 1. The van der Waals surface area contributed by atoms with Gasteiger partial charge in [0, 0.05) is 30.5 Å². The zero-order valence-electron chi connectivity index (χ0n) is 17.7. The number of para-hydroxylation sites is 1. The molecule has 1 aliphatic rings. The van der Waals surface area contributed by atoms with E-state index in [1.807, 2.05) is 24.3 Å². The molecule has 3 aromatic carbocycles. The van der Waals surface area contributed by atoms with Crippen molar-refractivity contribution >= 4 is 17.3 Å². The van der Waals surface area contributed by atoms with Crippen LogP contribution >= 0.6 is 0 Å². The fourth-order valence-electron chi connectivity index (χ4n) is 3.98. The van der Waals surface area contributed by atoms with E-state index in [1.54, 1.807) is 0 Å². The predicted molar refractivity (Wildman–Crippen MR) is 125 cm³/mol. The number of carbonyl (C=O) groups excluding carboxylic acids is 1. The van der Waals surface area contributed by atoms with Gasteiger partial charge in [-0.15, -0.1) is 0 Å². The number of halogens is 1. The lowest BCUT2D eigenvalue weighted by molar-refractivity contribution is 0.102. The van der Waals surface area contributed by atoms with Gasteiger partial charge in [-0.05, 0) is 66.1 Å². The Bertz CT molecular complexity index is 1360. The van der Waals surface area contributed by atoms with Gasteiger partial charge in [0.2, 0.25) is 0 Å². The highest BCUT2D eigenvalue weighted by Crippen LogP contribution is 2.29. The smallest absolute Gasteiger partial charge is 0.276 e. The first-order chi connectivity index (χ1) is 16.1. The van der Waals surface area contributed by atoms with Gasteiger partial charge < -0.3 is 10.2 Å². The van der Waals surface area contributed by atoms with E-state index in [0.717, 1.165) is 29.8 Å². The Balaban J connectivity index is 1.28. The van der Waals surface area contributed by atoms with Gasteiger partial charge in [-0.3, -0.25) is 9.59 Å². The third-order valence-electron chi connectivity index (χ3n) is 5.67. The molecule has 0 spiro atoms. The molecule has 2 heterocycles. The maximum atomic E-state index is 13.2. The maximum Gasteiger partial charge on any atom is 0.276 e. The first-order valence-corrected chi connectivity index (χ1v) is 10.7. The number of aromatic nitrogens is 2. The third-order valence-corrected chi connectivity index (χ3v) is 5.67. The Hall–Kier alpha value is -4.26. The number of rotatable bonds is 5. The molecule has 0 aliphatic carbocycles. The Labute approximate surface area is 189 Å². The maximum absolute atomic E-state index is 13.2. The number of benzene rings is 3. The average Bonchev–Trinajstić information content (AvgIpc) is 3.24. The van der Waals surface area contributed by atoms with Crippen molar-refractivity contribution < 1.29 is 9.18 Å². The van der Waals surface area contributed by atoms with Crippen molar-refractivity contribution in [1.82, 2.24) is 9.78 Å². The molecule has 0 saturated heterocycles. The minimum absolute atomic E-state index is 0.0803. The zero-order valence-corrected chi connectivity index (χ0v) is 17.7. The average molecular weight is 440 g/mol. The largest absolute Gasteiger partial charge is 0.367 e. The van der Waals surface area contributed by atoms with Crippen LogP contribution in [0.25, 0.3) is 5.69 Å². The van der Waals surface area contributed by atoms with Crippen LogP contribution in [-0.2, 0) is 13.0 Å². The highest BCUT2D eigenvalue weighted by Gasteiger charge is 2.18. The molecule has 5 rings (SSSR count). The summed E-state index contributed by atoms with van der Waals surface area (Å²) in [6.45, 7) is 1.79. The van der Waals surface area contributed by atoms with Gasteiger partial charge in [0.25, 0.3) is 11.5 Å². The van der Waals surface area contributed by atoms with Crippen LogP contribution in [0.1, 0.15) is 21.6 Å². The molecule has 0 fully saturated rings. The number of anilines is 2. The van der Waals surface area contributed by atoms with Gasteiger partial charge in [-0.25, -0.2) is 4.39 Å². The summed E-state index contributed by atoms with van der Waals surface area (Å²) < 4.78 is 14.3. The molecule has 0 saturated carbocycles. The topological polar surface area (TPSA) is 67.2 Å². The number of amides is 1. The molecule has 6 nitrogen and oxygen atoms in total. The second-order valence-corrected chi connectivity index (χ2v) is 7.90. The molecule has 0 unspecified atom stereocenters. The van der Waals surface area contributed by atoms with Crippen molar-refractivity contribution in [3.05, 3.63) is 118 Å². The molecular weight excluding hydrogens is 419 g/mol. The van der Waals surface area contributed by atoms with Crippen LogP contribution in [0.4, 0.5) is 15.8 Å². The summed E-state index contributed by atoms with van der Waals surface area (Å²) in [7, 11) is 0. The van der Waals surface area contributed by atoms with Gasteiger partial charge in [-0.1, -0.05) is 30.3 Å². The van der Waals surface area contributed by atoms with Crippen molar-refractivity contribution in [2.75, 3.05) is 16.8 Å². The molecule has 0 radical (unpaired) electrons. The quantitative estimate of drug-likeness (QED) is 0.506. The fourth-order valence-corrected chi connectivity index (χ4v) is 3.98. The van der Waals surface area contributed by atoms with E-state index >= 15 is 0 Å². The van der Waals surface area contributed by atoms with Gasteiger partial charge in [0.05, 0.1) is 5.69 Å². The minimum atomic E-state index is -0.438. The van der Waals surface area contributed by atoms with Crippen molar-refractivity contribution in [3.63, 3.8) is 0 Å². The normalized spacial score (nSPS) is 12.5. The molecule has 0 bridgehead atoms. The molecule has 7 heteroatoms. The summed E-state index contributed by atoms with van der Waals surface area (Å²) in [5, 5.41) is 6.95. The van der Waals surface area contributed by atoms with Crippen LogP contribution in [0.3, 0.4) is 0 Å². The number of hydrogen-bond acceptors (Lipinski definition) is 4.